The summed E-state index contributed by atoms with van der Waals surface area (Å²) in [4.78, 5) is 0. The molecule has 0 saturated carbocycles. The molecule has 13 heavy (non-hydrogen) atoms. The smallest absolute Gasteiger partial charge is 0.113 e. The van der Waals surface area contributed by atoms with Gasteiger partial charge in [-0.25, -0.2) is 0 Å². The van der Waals surface area contributed by atoms with Crippen molar-refractivity contribution < 1.29 is 4.74 Å². The molecule has 3 rings (SSSR count). The van der Waals surface area contributed by atoms with Gasteiger partial charge in [0.05, 0.1) is 0 Å². The Kier molecular flexibility index (Phi) is 1.15. The van der Waals surface area contributed by atoms with Crippen LogP contribution in [0, 0.1) is 0 Å². The molecule has 0 fully saturated rings. The van der Waals surface area contributed by atoms with Gasteiger partial charge in [0.2, 0.25) is 0 Å². The van der Waals surface area contributed by atoms with Gasteiger partial charge in [-0.1, -0.05) is 24.3 Å². The molecule has 1 aromatic carbocycles. The highest BCUT2D eigenvalue weighted by molar-refractivity contribution is 5.49. The first-order valence-corrected chi connectivity index (χ1v) is 4.68. The van der Waals surface area contributed by atoms with Crippen LogP contribution in [0.25, 0.3) is 0 Å². The molecule has 1 heteroatoms. The first-order valence-electron chi connectivity index (χ1n) is 4.68. The number of hydrogen-bond donors (Lipinski definition) is 0. The van der Waals surface area contributed by atoms with E-state index in [4.69, 9.17) is 4.74 Å². The van der Waals surface area contributed by atoms with E-state index in [0.29, 0.717) is 0 Å². The van der Waals surface area contributed by atoms with E-state index < -0.39 is 0 Å². The van der Waals surface area contributed by atoms with E-state index in [2.05, 4.69) is 44.2 Å². The fourth-order valence-electron chi connectivity index (χ4n) is 2.38. The van der Waals surface area contributed by atoms with E-state index in [1.807, 2.05) is 0 Å². The Morgan fingerprint density at radius 2 is 2.08 bits per heavy atom. The third-order valence-corrected chi connectivity index (χ3v) is 3.30. The van der Waals surface area contributed by atoms with Gasteiger partial charge in [0.1, 0.15) is 11.7 Å². The Morgan fingerprint density at radius 1 is 1.31 bits per heavy atom. The third-order valence-electron chi connectivity index (χ3n) is 3.30. The highest BCUT2D eigenvalue weighted by atomic mass is 16.5. The average molecular weight is 172 g/mol. The largest absolute Gasteiger partial charge is 0.354 e. The number of benzene rings is 1. The first-order chi connectivity index (χ1) is 6.22. The Bertz CT molecular complexity index is 405. The van der Waals surface area contributed by atoms with Crippen molar-refractivity contribution in [2.24, 2.45) is 0 Å². The fourth-order valence-corrected chi connectivity index (χ4v) is 2.38. The van der Waals surface area contributed by atoms with Crippen molar-refractivity contribution in [2.75, 3.05) is 0 Å². The minimum Gasteiger partial charge on any atom is -0.354 e. The molecule has 0 aromatic heterocycles. The molecule has 1 aromatic rings. The van der Waals surface area contributed by atoms with Crippen molar-refractivity contribution in [2.45, 2.75) is 25.6 Å². The lowest BCUT2D eigenvalue weighted by Crippen LogP contribution is -2.19. The SMILES string of the molecule is CC1=CC2OC1(C)c1ccccc12. The predicted molar refractivity (Wildman–Crippen MR) is 51.4 cm³/mol. The summed E-state index contributed by atoms with van der Waals surface area (Å²) < 4.78 is 5.95. The van der Waals surface area contributed by atoms with Crippen LogP contribution in [0.3, 0.4) is 0 Å². The zero-order valence-corrected chi connectivity index (χ0v) is 7.87. The van der Waals surface area contributed by atoms with E-state index in [9.17, 15) is 0 Å². The van der Waals surface area contributed by atoms with Crippen molar-refractivity contribution in [1.29, 1.82) is 0 Å². The van der Waals surface area contributed by atoms with Gasteiger partial charge in [0.25, 0.3) is 0 Å². The molecule has 0 N–H and O–H groups in total. The molecule has 2 aliphatic rings. The van der Waals surface area contributed by atoms with Gasteiger partial charge >= 0.3 is 0 Å². The standard InChI is InChI=1S/C12H12O/c1-8-7-11-9-5-3-4-6-10(9)12(8,2)13-11/h3-7,11H,1-2H3. The molecule has 0 amide bonds. The summed E-state index contributed by atoms with van der Waals surface area (Å²) in [5.41, 5.74) is 3.90. The molecule has 1 nitrogen and oxygen atoms in total. The van der Waals surface area contributed by atoms with Crippen molar-refractivity contribution in [3.8, 4) is 0 Å². The van der Waals surface area contributed by atoms with Gasteiger partial charge in [-0.05, 0) is 36.6 Å². The fraction of sp³-hybridized carbons (Fsp3) is 0.333. The lowest BCUT2D eigenvalue weighted by molar-refractivity contribution is 0.00509. The topological polar surface area (TPSA) is 9.23 Å². The van der Waals surface area contributed by atoms with Crippen LogP contribution in [0.1, 0.15) is 31.1 Å². The minimum atomic E-state index is -0.138. The van der Waals surface area contributed by atoms with Crippen LogP contribution in [0.4, 0.5) is 0 Å². The van der Waals surface area contributed by atoms with Crippen molar-refractivity contribution >= 4 is 0 Å². The quantitative estimate of drug-likeness (QED) is 0.547. The lowest BCUT2D eigenvalue weighted by Gasteiger charge is -2.22. The summed E-state index contributed by atoms with van der Waals surface area (Å²) in [5.74, 6) is 0. The summed E-state index contributed by atoms with van der Waals surface area (Å²) >= 11 is 0. The summed E-state index contributed by atoms with van der Waals surface area (Å²) in [6.45, 7) is 4.31. The monoisotopic (exact) mass is 172 g/mol. The lowest BCUT2D eigenvalue weighted by atomic mass is 9.83. The van der Waals surface area contributed by atoms with Gasteiger partial charge < -0.3 is 4.74 Å². The predicted octanol–water partition coefficient (Wildman–Crippen LogP) is 2.93. The number of fused-ring (bicyclic) bond motifs is 5. The van der Waals surface area contributed by atoms with Crippen molar-refractivity contribution in [3.05, 3.63) is 47.0 Å². The molecule has 2 heterocycles. The normalized spacial score (nSPS) is 34.6. The zero-order chi connectivity index (χ0) is 9.05. The molecule has 66 valence electrons. The van der Waals surface area contributed by atoms with Crippen LogP contribution in [-0.4, -0.2) is 0 Å². The number of ether oxygens (including phenoxy) is 1. The van der Waals surface area contributed by atoms with E-state index in [-0.39, 0.29) is 11.7 Å². The molecule has 2 atom stereocenters. The van der Waals surface area contributed by atoms with Gasteiger partial charge in [0.15, 0.2) is 0 Å². The Balaban J connectivity index is 2.30. The van der Waals surface area contributed by atoms with Crippen LogP contribution in [-0.2, 0) is 10.3 Å². The van der Waals surface area contributed by atoms with Gasteiger partial charge in [-0.2, -0.15) is 0 Å². The molecule has 2 aliphatic heterocycles. The molecular weight excluding hydrogens is 160 g/mol. The second-order valence-corrected chi connectivity index (χ2v) is 4.01. The van der Waals surface area contributed by atoms with E-state index in [1.54, 1.807) is 0 Å². The van der Waals surface area contributed by atoms with Crippen molar-refractivity contribution in [1.82, 2.24) is 0 Å². The van der Waals surface area contributed by atoms with Crippen LogP contribution >= 0.6 is 0 Å². The maximum Gasteiger partial charge on any atom is 0.113 e. The van der Waals surface area contributed by atoms with E-state index in [0.717, 1.165) is 0 Å². The molecule has 0 spiro atoms. The third kappa shape index (κ3) is 0.713. The molecule has 2 bridgehead atoms. The second kappa shape index (κ2) is 2.05. The highest BCUT2D eigenvalue weighted by Gasteiger charge is 2.46. The van der Waals surface area contributed by atoms with Gasteiger partial charge in [0, 0.05) is 0 Å². The van der Waals surface area contributed by atoms with Gasteiger partial charge in [-0.15, -0.1) is 0 Å². The second-order valence-electron chi connectivity index (χ2n) is 4.01. The summed E-state index contributed by atoms with van der Waals surface area (Å²) in [6.07, 6.45) is 2.43. The van der Waals surface area contributed by atoms with E-state index in [1.165, 1.54) is 16.7 Å². The molecule has 2 unspecified atom stereocenters. The van der Waals surface area contributed by atoms with Crippen LogP contribution in [0.2, 0.25) is 0 Å². The average Bonchev–Trinajstić information content (AvgIpc) is 2.57. The molecule has 0 radical (unpaired) electrons. The number of hydrogen-bond acceptors (Lipinski definition) is 1. The Morgan fingerprint density at radius 3 is 2.92 bits per heavy atom. The van der Waals surface area contributed by atoms with Gasteiger partial charge in [-0.3, -0.25) is 0 Å². The van der Waals surface area contributed by atoms with Crippen LogP contribution in [0.5, 0.6) is 0 Å². The maximum absolute atomic E-state index is 5.95. The molecular formula is C12H12O. The first kappa shape index (κ1) is 7.34. The van der Waals surface area contributed by atoms with Crippen molar-refractivity contribution in [3.63, 3.8) is 0 Å². The zero-order valence-electron chi connectivity index (χ0n) is 7.87. The van der Waals surface area contributed by atoms with E-state index >= 15 is 0 Å². The Labute approximate surface area is 78.0 Å². The molecule has 0 saturated heterocycles. The van der Waals surface area contributed by atoms with Crippen LogP contribution < -0.4 is 0 Å². The highest BCUT2D eigenvalue weighted by Crippen LogP contribution is 2.53. The minimum absolute atomic E-state index is 0.138. The summed E-state index contributed by atoms with van der Waals surface area (Å²) in [6, 6.07) is 8.50. The summed E-state index contributed by atoms with van der Waals surface area (Å²) in [5, 5.41) is 0. The molecule has 0 aliphatic carbocycles. The van der Waals surface area contributed by atoms with Crippen LogP contribution in [0.15, 0.2) is 35.9 Å². The number of rotatable bonds is 0. The maximum atomic E-state index is 5.95. The summed E-state index contributed by atoms with van der Waals surface area (Å²) in [7, 11) is 0. The Hall–Kier alpha value is -1.08.